The summed E-state index contributed by atoms with van der Waals surface area (Å²) in [7, 11) is 0. The molecule has 0 spiro atoms. The van der Waals surface area contributed by atoms with Crippen LogP contribution in [0.4, 0.5) is 5.69 Å². The molecule has 0 aliphatic heterocycles. The van der Waals surface area contributed by atoms with E-state index in [9.17, 15) is 0 Å². The lowest BCUT2D eigenvalue weighted by molar-refractivity contribution is 0.549. The van der Waals surface area contributed by atoms with Gasteiger partial charge in [0.2, 0.25) is 6.19 Å². The fourth-order valence-electron chi connectivity index (χ4n) is 1.40. The van der Waals surface area contributed by atoms with Gasteiger partial charge < -0.3 is 10.1 Å². The van der Waals surface area contributed by atoms with E-state index in [0.717, 1.165) is 9.26 Å². The van der Waals surface area contributed by atoms with Crippen molar-refractivity contribution in [3.05, 3.63) is 58.2 Å². The summed E-state index contributed by atoms with van der Waals surface area (Å²) in [6, 6.07) is 17.0. The predicted molar refractivity (Wildman–Crippen MR) is 82.9 cm³/mol. The molecule has 2 rings (SSSR count). The summed E-state index contributed by atoms with van der Waals surface area (Å²) in [4.78, 5) is 3.64. The van der Waals surface area contributed by atoms with Gasteiger partial charge in [-0.1, -0.05) is 30.3 Å². The highest BCUT2D eigenvalue weighted by atomic mass is 127. The van der Waals surface area contributed by atoms with Crippen LogP contribution in [-0.4, -0.2) is 6.02 Å². The summed E-state index contributed by atoms with van der Waals surface area (Å²) in [6.45, 7) is 0. The number of halogens is 1. The molecule has 0 aromatic heterocycles. The normalized spacial score (nSPS) is 10.6. The molecule has 2 aromatic rings. The second-order valence-electron chi connectivity index (χ2n) is 3.54. The van der Waals surface area contributed by atoms with Gasteiger partial charge in [-0.05, 0) is 46.9 Å². The van der Waals surface area contributed by atoms with Crippen molar-refractivity contribution >= 4 is 34.3 Å². The fourth-order valence-corrected chi connectivity index (χ4v) is 1.92. The summed E-state index contributed by atoms with van der Waals surface area (Å²) >= 11 is 2.20. The summed E-state index contributed by atoms with van der Waals surface area (Å²) < 4.78 is 6.54. The van der Waals surface area contributed by atoms with Crippen LogP contribution in [0.3, 0.4) is 0 Å². The van der Waals surface area contributed by atoms with E-state index in [1.54, 1.807) is 18.3 Å². The predicted octanol–water partition coefficient (Wildman–Crippen LogP) is 3.62. The Bertz CT molecular complexity index is 620. The lowest BCUT2D eigenvalue weighted by Gasteiger charge is -2.10. The van der Waals surface area contributed by atoms with Crippen LogP contribution in [0.15, 0.2) is 59.6 Å². The lowest BCUT2D eigenvalue weighted by atomic mass is 10.3. The third kappa shape index (κ3) is 3.96. The third-order valence-electron chi connectivity index (χ3n) is 2.22. The van der Waals surface area contributed by atoms with Gasteiger partial charge in [0.25, 0.3) is 0 Å². The Morgan fingerprint density at radius 3 is 2.47 bits per heavy atom. The van der Waals surface area contributed by atoms with Gasteiger partial charge in [-0.25, -0.2) is 0 Å². The minimum absolute atomic E-state index is 0.151. The number of para-hydroxylation sites is 2. The molecule has 1 N–H and O–H groups in total. The highest BCUT2D eigenvalue weighted by molar-refractivity contribution is 14.1. The molecule has 0 atom stereocenters. The van der Waals surface area contributed by atoms with Gasteiger partial charge in [0, 0.05) is 3.57 Å². The van der Waals surface area contributed by atoms with E-state index in [4.69, 9.17) is 10.00 Å². The molecule has 19 heavy (non-hydrogen) atoms. The number of nitriles is 1. The van der Waals surface area contributed by atoms with E-state index in [1.807, 2.05) is 42.5 Å². The first kappa shape index (κ1) is 13.4. The van der Waals surface area contributed by atoms with Gasteiger partial charge in [0.15, 0.2) is 0 Å². The average Bonchev–Trinajstić information content (AvgIpc) is 2.43. The zero-order chi connectivity index (χ0) is 13.5. The topological polar surface area (TPSA) is 57.4 Å². The van der Waals surface area contributed by atoms with E-state index in [0.29, 0.717) is 5.75 Å². The van der Waals surface area contributed by atoms with Crippen LogP contribution in [0.1, 0.15) is 0 Å². The molecule has 0 saturated carbocycles. The molecule has 94 valence electrons. The third-order valence-corrected chi connectivity index (χ3v) is 3.17. The molecular weight excluding hydrogens is 353 g/mol. The highest BCUT2D eigenvalue weighted by Gasteiger charge is 2.05. The van der Waals surface area contributed by atoms with Crippen LogP contribution in [-0.2, 0) is 0 Å². The Morgan fingerprint density at radius 1 is 1.11 bits per heavy atom. The zero-order valence-corrected chi connectivity index (χ0v) is 12.0. The van der Waals surface area contributed by atoms with E-state index < -0.39 is 0 Å². The van der Waals surface area contributed by atoms with Crippen LogP contribution in [0.25, 0.3) is 0 Å². The summed E-state index contributed by atoms with van der Waals surface area (Å²) in [5.74, 6) is 0.620. The molecule has 0 heterocycles. The van der Waals surface area contributed by atoms with Crippen molar-refractivity contribution in [1.82, 2.24) is 0 Å². The largest absolute Gasteiger partial charge is 0.425 e. The summed E-state index contributed by atoms with van der Waals surface area (Å²) in [5.41, 5.74) is 0.841. The summed E-state index contributed by atoms with van der Waals surface area (Å²) in [6.07, 6.45) is 1.73. The van der Waals surface area contributed by atoms with Crippen molar-refractivity contribution in [3.63, 3.8) is 0 Å². The molecule has 4 nitrogen and oxygen atoms in total. The standard InChI is InChI=1S/C14H10IN3O/c15-12-8-4-5-9-13(12)18-14(17-10-16)19-11-6-2-1-3-7-11/h1-9H,(H,17,18). The zero-order valence-electron chi connectivity index (χ0n) is 9.88. The maximum atomic E-state index is 8.70. The molecule has 0 unspecified atom stereocenters. The number of hydrogen-bond acceptors (Lipinski definition) is 3. The van der Waals surface area contributed by atoms with Crippen molar-refractivity contribution in [2.24, 2.45) is 4.99 Å². The van der Waals surface area contributed by atoms with Gasteiger partial charge in [-0.15, -0.1) is 4.99 Å². The molecular formula is C14H10IN3O. The van der Waals surface area contributed by atoms with E-state index in [-0.39, 0.29) is 6.02 Å². The van der Waals surface area contributed by atoms with E-state index in [1.165, 1.54) is 0 Å². The molecule has 2 aromatic carbocycles. The monoisotopic (exact) mass is 363 g/mol. The molecule has 5 heteroatoms. The number of aliphatic imine (C=N–C) groups is 1. The smallest absolute Gasteiger partial charge is 0.310 e. The second kappa shape index (κ2) is 6.75. The van der Waals surface area contributed by atoms with E-state index in [2.05, 4.69) is 32.9 Å². The van der Waals surface area contributed by atoms with Gasteiger partial charge in [-0.3, -0.25) is 0 Å². The van der Waals surface area contributed by atoms with Crippen LogP contribution in [0, 0.1) is 15.0 Å². The first-order chi connectivity index (χ1) is 9.29. The average molecular weight is 363 g/mol. The number of hydrogen-bond donors (Lipinski definition) is 1. The quantitative estimate of drug-likeness (QED) is 0.384. The van der Waals surface area contributed by atoms with Crippen molar-refractivity contribution in [1.29, 1.82) is 5.26 Å². The maximum Gasteiger partial charge on any atom is 0.310 e. The SMILES string of the molecule is N#C/N=C(\Nc1ccccc1I)Oc1ccccc1. The number of amidine groups is 1. The highest BCUT2D eigenvalue weighted by Crippen LogP contribution is 2.18. The molecule has 0 bridgehead atoms. The Kier molecular flexibility index (Phi) is 4.75. The van der Waals surface area contributed by atoms with Crippen molar-refractivity contribution in [2.75, 3.05) is 5.32 Å². The van der Waals surface area contributed by atoms with Gasteiger partial charge >= 0.3 is 6.02 Å². The number of nitrogens with one attached hydrogen (secondary N) is 1. The van der Waals surface area contributed by atoms with Gasteiger partial charge in [-0.2, -0.15) is 5.26 Å². The van der Waals surface area contributed by atoms with Crippen molar-refractivity contribution in [3.8, 4) is 11.9 Å². The Labute approximate surface area is 124 Å². The minimum Gasteiger partial charge on any atom is -0.425 e. The molecule has 0 aliphatic rings. The van der Waals surface area contributed by atoms with Crippen LogP contribution in [0.5, 0.6) is 5.75 Å². The van der Waals surface area contributed by atoms with Gasteiger partial charge in [0.05, 0.1) is 5.69 Å². The number of rotatable bonds is 2. The van der Waals surface area contributed by atoms with E-state index >= 15 is 0 Å². The summed E-state index contributed by atoms with van der Waals surface area (Å²) in [5, 5.41) is 11.7. The first-order valence-corrected chi connectivity index (χ1v) is 6.58. The maximum absolute atomic E-state index is 8.70. The second-order valence-corrected chi connectivity index (χ2v) is 4.70. The van der Waals surface area contributed by atoms with Crippen LogP contribution < -0.4 is 10.1 Å². The molecule has 0 aliphatic carbocycles. The Balaban J connectivity index is 2.17. The fraction of sp³-hybridized carbons (Fsp3) is 0. The van der Waals surface area contributed by atoms with Crippen molar-refractivity contribution in [2.45, 2.75) is 0 Å². The first-order valence-electron chi connectivity index (χ1n) is 5.51. The molecule has 0 saturated heterocycles. The van der Waals surface area contributed by atoms with Crippen LogP contribution >= 0.6 is 22.6 Å². The van der Waals surface area contributed by atoms with Crippen LogP contribution in [0.2, 0.25) is 0 Å². The Hall–Kier alpha value is -2.07. The number of nitrogens with zero attached hydrogens (tertiary/aromatic N) is 2. The molecule has 0 amide bonds. The van der Waals surface area contributed by atoms with Gasteiger partial charge in [0.1, 0.15) is 5.75 Å². The molecule has 0 fully saturated rings. The minimum atomic E-state index is 0.151. The lowest BCUT2D eigenvalue weighted by Crippen LogP contribution is -2.19. The van der Waals surface area contributed by atoms with Crippen molar-refractivity contribution < 1.29 is 4.74 Å². The Morgan fingerprint density at radius 2 is 1.79 bits per heavy atom. The molecule has 0 radical (unpaired) electrons. The number of anilines is 1. The number of ether oxygens (including phenoxy) is 1. The number of benzene rings is 2.